The van der Waals surface area contributed by atoms with E-state index in [9.17, 15) is 14.4 Å². The van der Waals surface area contributed by atoms with Crippen molar-refractivity contribution in [3.8, 4) is 0 Å². The van der Waals surface area contributed by atoms with Crippen LogP contribution in [0.3, 0.4) is 0 Å². The van der Waals surface area contributed by atoms with Gasteiger partial charge in [0, 0.05) is 25.5 Å². The number of ether oxygens (including phenoxy) is 1. The largest absolute Gasteiger partial charge is 0.457 e. The third kappa shape index (κ3) is 7.19. The van der Waals surface area contributed by atoms with Gasteiger partial charge in [-0.1, -0.05) is 24.3 Å². The Morgan fingerprint density at radius 2 is 1.81 bits per heavy atom. The van der Waals surface area contributed by atoms with Gasteiger partial charge in [-0.2, -0.15) is 11.3 Å². The predicted octanol–water partition coefficient (Wildman–Crippen LogP) is 3.18. The zero-order chi connectivity index (χ0) is 18.8. The van der Waals surface area contributed by atoms with Gasteiger partial charge in [-0.15, -0.1) is 0 Å². The molecule has 2 aromatic rings. The van der Waals surface area contributed by atoms with Crippen LogP contribution in [0.5, 0.6) is 0 Å². The van der Waals surface area contributed by atoms with Crippen LogP contribution < -0.4 is 5.32 Å². The first kappa shape index (κ1) is 19.8. The average Bonchev–Trinajstić information content (AvgIpc) is 3.15. The monoisotopic (exact) mass is 373 g/mol. The molecule has 0 unspecified atom stereocenters. The van der Waals surface area contributed by atoms with Crippen molar-refractivity contribution in [3.63, 3.8) is 0 Å². The van der Waals surface area contributed by atoms with E-state index in [1.54, 1.807) is 23.5 Å². The number of aryl methyl sites for hydroxylation is 2. The summed E-state index contributed by atoms with van der Waals surface area (Å²) in [5.41, 5.74) is 2.73. The summed E-state index contributed by atoms with van der Waals surface area (Å²) in [4.78, 5) is 34.6. The van der Waals surface area contributed by atoms with Crippen molar-refractivity contribution in [2.75, 3.05) is 13.2 Å². The van der Waals surface area contributed by atoms with Gasteiger partial charge < -0.3 is 10.1 Å². The number of carbonyl (C=O) groups excluding carboxylic acids is 3. The highest BCUT2D eigenvalue weighted by atomic mass is 32.1. The molecule has 0 fully saturated rings. The van der Waals surface area contributed by atoms with E-state index in [1.807, 2.05) is 29.0 Å². The van der Waals surface area contributed by atoms with Crippen LogP contribution in [0.4, 0.5) is 0 Å². The second kappa shape index (κ2) is 10.5. The zero-order valence-corrected chi connectivity index (χ0v) is 15.6. The van der Waals surface area contributed by atoms with Crippen LogP contribution in [0.25, 0.3) is 0 Å². The summed E-state index contributed by atoms with van der Waals surface area (Å²) < 4.78 is 5.06. The number of thiophene rings is 1. The molecule has 1 aromatic heterocycles. The number of hydrogen-bond acceptors (Lipinski definition) is 5. The number of amides is 1. The molecule has 1 aromatic carbocycles. The molecule has 0 bridgehead atoms. The minimum absolute atomic E-state index is 0.0317. The molecule has 0 radical (unpaired) electrons. The molecule has 0 aliphatic carbocycles. The molecule has 0 saturated carbocycles. The number of ketones is 1. The van der Waals surface area contributed by atoms with E-state index >= 15 is 0 Å². The van der Waals surface area contributed by atoms with Crippen LogP contribution in [-0.4, -0.2) is 30.8 Å². The summed E-state index contributed by atoms with van der Waals surface area (Å²) in [5.74, 6) is -0.603. The number of Topliss-reactive ketones (excluding diaryl/α,β-unsaturated/α-hetero) is 1. The van der Waals surface area contributed by atoms with Gasteiger partial charge in [-0.3, -0.25) is 14.4 Å². The Hall–Kier alpha value is -2.47. The van der Waals surface area contributed by atoms with Crippen LogP contribution in [0, 0.1) is 0 Å². The van der Waals surface area contributed by atoms with E-state index in [4.69, 9.17) is 4.74 Å². The number of benzene rings is 1. The highest BCUT2D eigenvalue weighted by Crippen LogP contribution is 2.10. The molecule has 0 saturated heterocycles. The normalized spacial score (nSPS) is 10.3. The molecule has 0 spiro atoms. The zero-order valence-electron chi connectivity index (χ0n) is 14.8. The fourth-order valence-electron chi connectivity index (χ4n) is 2.40. The van der Waals surface area contributed by atoms with Gasteiger partial charge in [0.15, 0.2) is 12.4 Å². The van der Waals surface area contributed by atoms with Crippen molar-refractivity contribution in [1.82, 2.24) is 5.32 Å². The lowest BCUT2D eigenvalue weighted by molar-refractivity contribution is -0.142. The fraction of sp³-hybridized carbons (Fsp3) is 0.350. The van der Waals surface area contributed by atoms with Gasteiger partial charge in [0.1, 0.15) is 0 Å². The van der Waals surface area contributed by atoms with Crippen molar-refractivity contribution in [2.45, 2.75) is 32.6 Å². The standard InChI is InChI=1S/C20H23NO4S/c1-15(22)21-11-2-3-16-4-7-18(8-5-16)19(23)13-25-20(24)9-6-17-10-12-26-14-17/h4-5,7-8,10,12,14H,2-3,6,9,11,13H2,1H3,(H,21,22). The van der Waals surface area contributed by atoms with Crippen molar-refractivity contribution in [1.29, 1.82) is 0 Å². The summed E-state index contributed by atoms with van der Waals surface area (Å²) >= 11 is 1.59. The first-order valence-electron chi connectivity index (χ1n) is 8.58. The van der Waals surface area contributed by atoms with Crippen molar-refractivity contribution in [3.05, 3.63) is 57.8 Å². The van der Waals surface area contributed by atoms with E-state index in [0.29, 0.717) is 18.5 Å². The minimum Gasteiger partial charge on any atom is -0.457 e. The molecule has 0 aliphatic heterocycles. The highest BCUT2D eigenvalue weighted by molar-refractivity contribution is 7.07. The van der Waals surface area contributed by atoms with Crippen LogP contribution in [0.15, 0.2) is 41.1 Å². The first-order valence-corrected chi connectivity index (χ1v) is 9.52. The maximum absolute atomic E-state index is 12.1. The van der Waals surface area contributed by atoms with Crippen molar-refractivity contribution < 1.29 is 19.1 Å². The molecule has 1 heterocycles. The Bertz CT molecular complexity index is 723. The topological polar surface area (TPSA) is 72.5 Å². The number of nitrogens with one attached hydrogen (secondary N) is 1. The van der Waals surface area contributed by atoms with E-state index in [2.05, 4.69) is 5.32 Å². The van der Waals surface area contributed by atoms with E-state index in [-0.39, 0.29) is 30.7 Å². The summed E-state index contributed by atoms with van der Waals surface area (Å²) in [5, 5.41) is 6.71. The molecule has 26 heavy (non-hydrogen) atoms. The summed E-state index contributed by atoms with van der Waals surface area (Å²) in [6, 6.07) is 9.24. The third-order valence-corrected chi connectivity index (χ3v) is 4.59. The average molecular weight is 373 g/mol. The predicted molar refractivity (Wildman–Crippen MR) is 101 cm³/mol. The van der Waals surface area contributed by atoms with Gasteiger partial charge in [-0.05, 0) is 47.2 Å². The quantitative estimate of drug-likeness (QED) is 0.394. The molecule has 138 valence electrons. The molecule has 2 rings (SSSR count). The Morgan fingerprint density at radius 3 is 2.46 bits per heavy atom. The number of esters is 1. The fourth-order valence-corrected chi connectivity index (χ4v) is 3.10. The Kier molecular flexibility index (Phi) is 8.02. The van der Waals surface area contributed by atoms with Crippen LogP contribution >= 0.6 is 11.3 Å². The van der Waals surface area contributed by atoms with Crippen molar-refractivity contribution in [2.24, 2.45) is 0 Å². The van der Waals surface area contributed by atoms with E-state index in [0.717, 1.165) is 24.0 Å². The van der Waals surface area contributed by atoms with Gasteiger partial charge >= 0.3 is 5.97 Å². The Balaban J connectivity index is 1.69. The van der Waals surface area contributed by atoms with Crippen LogP contribution in [0.1, 0.15) is 41.3 Å². The molecular formula is C20H23NO4S. The highest BCUT2D eigenvalue weighted by Gasteiger charge is 2.10. The summed E-state index contributed by atoms with van der Waals surface area (Å²) in [7, 11) is 0. The van der Waals surface area contributed by atoms with Gasteiger partial charge in [0.2, 0.25) is 5.91 Å². The molecule has 1 N–H and O–H groups in total. The second-order valence-electron chi connectivity index (χ2n) is 6.00. The number of rotatable bonds is 10. The number of hydrogen-bond donors (Lipinski definition) is 1. The first-order chi connectivity index (χ1) is 12.5. The molecule has 0 atom stereocenters. The van der Waals surface area contributed by atoms with Gasteiger partial charge in [0.05, 0.1) is 0 Å². The molecule has 5 nitrogen and oxygen atoms in total. The Morgan fingerprint density at radius 1 is 1.04 bits per heavy atom. The third-order valence-electron chi connectivity index (χ3n) is 3.85. The maximum atomic E-state index is 12.1. The van der Waals surface area contributed by atoms with Crippen molar-refractivity contribution >= 4 is 29.0 Å². The molecule has 0 aliphatic rings. The molecule has 1 amide bonds. The lowest BCUT2D eigenvalue weighted by atomic mass is 10.1. The summed E-state index contributed by atoms with van der Waals surface area (Å²) in [6.45, 7) is 1.90. The SMILES string of the molecule is CC(=O)NCCCc1ccc(C(=O)COC(=O)CCc2ccsc2)cc1. The smallest absolute Gasteiger partial charge is 0.306 e. The van der Waals surface area contributed by atoms with Gasteiger partial charge in [-0.25, -0.2) is 0 Å². The molecule has 6 heteroatoms. The van der Waals surface area contributed by atoms with E-state index < -0.39 is 0 Å². The Labute approximate surface area is 157 Å². The van der Waals surface area contributed by atoms with E-state index in [1.165, 1.54) is 6.92 Å². The van der Waals surface area contributed by atoms with Crippen LogP contribution in [-0.2, 0) is 27.2 Å². The molecular weight excluding hydrogens is 350 g/mol. The second-order valence-corrected chi connectivity index (χ2v) is 6.78. The maximum Gasteiger partial charge on any atom is 0.306 e. The lowest BCUT2D eigenvalue weighted by Crippen LogP contribution is -2.21. The number of carbonyl (C=O) groups is 3. The van der Waals surface area contributed by atoms with Crippen LogP contribution in [0.2, 0.25) is 0 Å². The van der Waals surface area contributed by atoms with Gasteiger partial charge in [0.25, 0.3) is 0 Å². The minimum atomic E-state index is -0.362. The summed E-state index contributed by atoms with van der Waals surface area (Å²) in [6.07, 6.45) is 2.57. The lowest BCUT2D eigenvalue weighted by Gasteiger charge is -2.06.